The Labute approximate surface area is 203 Å². The predicted octanol–water partition coefficient (Wildman–Crippen LogP) is 4.26. The van der Waals surface area contributed by atoms with E-state index in [0.29, 0.717) is 32.3 Å². The van der Waals surface area contributed by atoms with Gasteiger partial charge in [0.1, 0.15) is 0 Å². The number of sulfone groups is 1. The summed E-state index contributed by atoms with van der Waals surface area (Å²) in [5, 5.41) is 0. The van der Waals surface area contributed by atoms with Gasteiger partial charge in [-0.15, -0.1) is 0 Å². The van der Waals surface area contributed by atoms with Crippen LogP contribution in [0.25, 0.3) is 0 Å². The molecule has 2 fully saturated rings. The molecule has 0 N–H and O–H groups in total. The number of nitrogens with zero attached hydrogens (tertiary/aromatic N) is 2. The molecule has 0 bridgehead atoms. The number of hydrogen-bond acceptors (Lipinski definition) is 6. The molecule has 0 unspecified atom stereocenters. The molecule has 0 spiro atoms. The SMILES string of the molecule is C[C@@H]1CN(C(=O)O[C@H](C)C(F)(F)F)CCN1C1CCC(COc2ccc(S(C)(=O)=O)cc2F)CC1. The first-order valence-corrected chi connectivity index (χ1v) is 13.5. The van der Waals surface area contributed by atoms with Gasteiger partial charge in [-0.1, -0.05) is 0 Å². The number of carbonyl (C=O) groups excluding carboxylic acids is 1. The highest BCUT2D eigenvalue weighted by Gasteiger charge is 2.41. The van der Waals surface area contributed by atoms with Crippen LogP contribution in [0.15, 0.2) is 23.1 Å². The zero-order valence-corrected chi connectivity index (χ0v) is 20.9. The van der Waals surface area contributed by atoms with Crippen LogP contribution < -0.4 is 4.74 Å². The summed E-state index contributed by atoms with van der Waals surface area (Å²) in [6.07, 6.45) is -3.14. The smallest absolute Gasteiger partial charge is 0.425 e. The molecular formula is C23H32F4N2O5S. The number of benzene rings is 1. The van der Waals surface area contributed by atoms with E-state index in [2.05, 4.69) is 9.64 Å². The topological polar surface area (TPSA) is 76.2 Å². The van der Waals surface area contributed by atoms with E-state index in [4.69, 9.17) is 4.74 Å². The van der Waals surface area contributed by atoms with Gasteiger partial charge in [0, 0.05) is 38.0 Å². The third-order valence-corrected chi connectivity index (χ3v) is 7.88. The molecule has 1 heterocycles. The number of hydrogen-bond donors (Lipinski definition) is 0. The van der Waals surface area contributed by atoms with Crippen LogP contribution in [-0.4, -0.2) is 81.2 Å². The van der Waals surface area contributed by atoms with Crippen LogP contribution in [0.5, 0.6) is 5.75 Å². The Hall–Kier alpha value is -2.08. The van der Waals surface area contributed by atoms with Crippen LogP contribution in [0.3, 0.4) is 0 Å². The molecule has 1 aromatic rings. The first kappa shape index (κ1) is 27.5. The van der Waals surface area contributed by atoms with Gasteiger partial charge >= 0.3 is 12.3 Å². The van der Waals surface area contributed by atoms with Crippen molar-refractivity contribution >= 4 is 15.9 Å². The zero-order valence-electron chi connectivity index (χ0n) is 20.1. The highest BCUT2D eigenvalue weighted by Crippen LogP contribution is 2.31. The molecule has 0 aromatic heterocycles. The average molecular weight is 525 g/mol. The van der Waals surface area contributed by atoms with Crippen molar-refractivity contribution in [3.05, 3.63) is 24.0 Å². The van der Waals surface area contributed by atoms with Gasteiger partial charge in [-0.2, -0.15) is 13.2 Å². The summed E-state index contributed by atoms with van der Waals surface area (Å²) < 4.78 is 85.5. The minimum absolute atomic E-state index is 0.0160. The fourth-order valence-electron chi connectivity index (χ4n) is 4.65. The summed E-state index contributed by atoms with van der Waals surface area (Å²) in [5.41, 5.74) is 0. The average Bonchev–Trinajstić information content (AvgIpc) is 2.77. The highest BCUT2D eigenvalue weighted by atomic mass is 32.2. The Morgan fingerprint density at radius 1 is 1.17 bits per heavy atom. The maximum absolute atomic E-state index is 14.2. The third-order valence-electron chi connectivity index (χ3n) is 6.77. The van der Waals surface area contributed by atoms with Crippen molar-refractivity contribution in [2.24, 2.45) is 5.92 Å². The molecule has 1 aromatic carbocycles. The van der Waals surface area contributed by atoms with Gasteiger partial charge in [0.05, 0.1) is 11.5 Å². The summed E-state index contributed by atoms with van der Waals surface area (Å²) in [7, 11) is -3.49. The number of piperazine rings is 1. The van der Waals surface area contributed by atoms with Gasteiger partial charge in [-0.3, -0.25) is 4.90 Å². The van der Waals surface area contributed by atoms with Crippen LogP contribution in [0.4, 0.5) is 22.4 Å². The van der Waals surface area contributed by atoms with Crippen molar-refractivity contribution in [1.29, 1.82) is 0 Å². The molecule has 2 atom stereocenters. The normalized spacial score (nSPS) is 25.2. The van der Waals surface area contributed by atoms with Crippen molar-refractivity contribution in [2.45, 2.75) is 68.8 Å². The molecule has 1 aliphatic heterocycles. The molecule has 3 rings (SSSR count). The maximum Gasteiger partial charge on any atom is 0.425 e. The van der Waals surface area contributed by atoms with Crippen molar-refractivity contribution < 1.29 is 40.2 Å². The van der Waals surface area contributed by atoms with Gasteiger partial charge in [0.15, 0.2) is 27.5 Å². The summed E-state index contributed by atoms with van der Waals surface area (Å²) in [6.45, 7) is 4.26. The Morgan fingerprint density at radius 2 is 1.83 bits per heavy atom. The second-order valence-corrected chi connectivity index (χ2v) is 11.5. The Balaban J connectivity index is 1.44. The predicted molar refractivity (Wildman–Crippen MR) is 120 cm³/mol. The number of alkyl halides is 3. The molecule has 2 aliphatic rings. The van der Waals surface area contributed by atoms with Crippen molar-refractivity contribution in [2.75, 3.05) is 32.5 Å². The molecule has 0 radical (unpaired) electrons. The molecule has 7 nitrogen and oxygen atoms in total. The third kappa shape index (κ3) is 7.22. The summed E-state index contributed by atoms with van der Waals surface area (Å²) >= 11 is 0. The van der Waals surface area contributed by atoms with E-state index < -0.39 is 34.0 Å². The molecule has 1 saturated heterocycles. The van der Waals surface area contributed by atoms with Crippen molar-refractivity contribution in [3.63, 3.8) is 0 Å². The molecule has 12 heteroatoms. The van der Waals surface area contributed by atoms with Gasteiger partial charge in [0.25, 0.3) is 0 Å². The fraction of sp³-hybridized carbons (Fsp3) is 0.696. The molecular weight excluding hydrogens is 492 g/mol. The van der Waals surface area contributed by atoms with Crippen LogP contribution in [-0.2, 0) is 14.6 Å². The van der Waals surface area contributed by atoms with Crippen LogP contribution in [0.2, 0.25) is 0 Å². The Morgan fingerprint density at radius 3 is 2.37 bits per heavy atom. The van der Waals surface area contributed by atoms with E-state index in [1.54, 1.807) is 0 Å². The number of rotatable bonds is 6. The summed E-state index contributed by atoms with van der Waals surface area (Å²) in [4.78, 5) is 15.6. The minimum atomic E-state index is -4.59. The van der Waals surface area contributed by atoms with Gasteiger partial charge in [-0.05, 0) is 63.6 Å². The second kappa shape index (κ2) is 10.9. The fourth-order valence-corrected chi connectivity index (χ4v) is 5.29. The van der Waals surface area contributed by atoms with E-state index in [-0.39, 0.29) is 22.6 Å². The Bertz CT molecular complexity index is 996. The molecule has 35 heavy (non-hydrogen) atoms. The highest BCUT2D eigenvalue weighted by molar-refractivity contribution is 7.90. The molecule has 1 aliphatic carbocycles. The number of amides is 1. The summed E-state index contributed by atoms with van der Waals surface area (Å²) in [6, 6.07) is 3.89. The van der Waals surface area contributed by atoms with Crippen molar-refractivity contribution in [1.82, 2.24) is 9.80 Å². The largest absolute Gasteiger partial charge is 0.490 e. The van der Waals surface area contributed by atoms with Gasteiger partial charge in [-0.25, -0.2) is 17.6 Å². The first-order valence-electron chi connectivity index (χ1n) is 11.7. The van der Waals surface area contributed by atoms with E-state index in [9.17, 15) is 30.8 Å². The number of halogens is 4. The van der Waals surface area contributed by atoms with Gasteiger partial charge in [0.2, 0.25) is 0 Å². The zero-order chi connectivity index (χ0) is 26.0. The standard InChI is InChI=1S/C23H32F4N2O5S/c1-15-13-28(22(30)34-16(2)23(25,26)27)10-11-29(15)18-6-4-17(5-7-18)14-33-21-9-8-19(12-20(21)24)35(3,31)32/h8-9,12,15-18H,4-7,10-11,13-14H2,1-3H3/t15-,16-,17?,18?/m1/s1. The lowest BCUT2D eigenvalue weighted by molar-refractivity contribution is -0.200. The van der Waals surface area contributed by atoms with Crippen LogP contribution >= 0.6 is 0 Å². The number of carbonyl (C=O) groups is 1. The quantitative estimate of drug-likeness (QED) is 0.518. The molecule has 1 saturated carbocycles. The van der Waals surface area contributed by atoms with E-state index in [1.807, 2.05) is 6.92 Å². The monoisotopic (exact) mass is 524 g/mol. The minimum Gasteiger partial charge on any atom is -0.490 e. The van der Waals surface area contributed by atoms with E-state index >= 15 is 0 Å². The van der Waals surface area contributed by atoms with E-state index in [0.717, 1.165) is 44.9 Å². The first-order chi connectivity index (χ1) is 16.3. The lowest BCUT2D eigenvalue weighted by Gasteiger charge is -2.45. The number of ether oxygens (including phenoxy) is 2. The lowest BCUT2D eigenvalue weighted by atomic mass is 9.85. The van der Waals surface area contributed by atoms with Crippen LogP contribution in [0, 0.1) is 11.7 Å². The molecule has 1 amide bonds. The lowest BCUT2D eigenvalue weighted by Crippen LogP contribution is -2.57. The van der Waals surface area contributed by atoms with Gasteiger partial charge < -0.3 is 14.4 Å². The second-order valence-electron chi connectivity index (χ2n) is 9.45. The molecule has 198 valence electrons. The summed E-state index contributed by atoms with van der Waals surface area (Å²) in [5.74, 6) is -0.455. The van der Waals surface area contributed by atoms with Crippen LogP contribution in [0.1, 0.15) is 39.5 Å². The van der Waals surface area contributed by atoms with E-state index in [1.165, 1.54) is 17.0 Å². The van der Waals surface area contributed by atoms with Crippen molar-refractivity contribution in [3.8, 4) is 5.75 Å². The maximum atomic E-state index is 14.2. The Kier molecular flexibility index (Phi) is 8.56.